The second kappa shape index (κ2) is 6.06. The van der Waals surface area contributed by atoms with E-state index in [1.807, 2.05) is 12.1 Å². The van der Waals surface area contributed by atoms with Crippen LogP contribution in [0.25, 0.3) is 10.9 Å². The van der Waals surface area contributed by atoms with Crippen LogP contribution in [0.2, 0.25) is 0 Å². The van der Waals surface area contributed by atoms with Gasteiger partial charge in [0.25, 0.3) is 0 Å². The molecule has 0 saturated heterocycles. The Hall–Kier alpha value is -1.81. The third-order valence-electron chi connectivity index (χ3n) is 2.54. The molecule has 0 amide bonds. The molecule has 1 heterocycles. The largest absolute Gasteiger partial charge is 0.399 e. The summed E-state index contributed by atoms with van der Waals surface area (Å²) in [6.07, 6.45) is 0.708. The minimum atomic E-state index is 0.208. The van der Waals surface area contributed by atoms with Crippen molar-refractivity contribution in [2.24, 2.45) is 7.05 Å². The molecule has 0 atom stereocenters. The molecule has 2 aromatic rings. The number of hydrogen-bond acceptors (Lipinski definition) is 3. The van der Waals surface area contributed by atoms with Gasteiger partial charge in [-0.1, -0.05) is 0 Å². The van der Waals surface area contributed by atoms with Crippen molar-refractivity contribution in [3.8, 4) is 0 Å². The molecule has 0 aliphatic rings. The average Bonchev–Trinajstić information content (AvgIpc) is 2.56. The van der Waals surface area contributed by atoms with E-state index in [0.717, 1.165) is 5.69 Å². The zero-order chi connectivity index (χ0) is 12.8. The van der Waals surface area contributed by atoms with Crippen molar-refractivity contribution in [3.63, 3.8) is 0 Å². The predicted octanol–water partition coefficient (Wildman–Crippen LogP) is 1.90. The Morgan fingerprint density at radius 2 is 2.12 bits per heavy atom. The van der Waals surface area contributed by atoms with Gasteiger partial charge in [0, 0.05) is 36.4 Å². The van der Waals surface area contributed by atoms with Crippen LogP contribution < -0.4 is 5.73 Å². The molecule has 2 N–H and O–H groups in total. The van der Waals surface area contributed by atoms with Gasteiger partial charge < -0.3 is 19.8 Å². The first-order valence-electron chi connectivity index (χ1n) is 5.34. The van der Waals surface area contributed by atoms with Crippen LogP contribution in [-0.4, -0.2) is 24.6 Å². The quantitative estimate of drug-likeness (QED) is 0.637. The normalized spacial score (nSPS) is 9.82. The molecule has 92 valence electrons. The fourth-order valence-electron chi connectivity index (χ4n) is 1.57. The lowest BCUT2D eigenvalue weighted by Crippen LogP contribution is -1.89. The van der Waals surface area contributed by atoms with E-state index in [9.17, 15) is 4.79 Å². The van der Waals surface area contributed by atoms with Crippen molar-refractivity contribution in [2.45, 2.75) is 6.92 Å². The number of hydrogen-bond donors (Lipinski definition) is 1. The first-order valence-corrected chi connectivity index (χ1v) is 5.34. The van der Waals surface area contributed by atoms with E-state index in [1.165, 1.54) is 23.7 Å². The summed E-state index contributed by atoms with van der Waals surface area (Å²) in [6, 6.07) is 8.13. The summed E-state index contributed by atoms with van der Waals surface area (Å²) in [6.45, 7) is 2.30. The van der Waals surface area contributed by atoms with Crippen LogP contribution in [-0.2, 0) is 16.6 Å². The van der Waals surface area contributed by atoms with Crippen LogP contribution in [0.4, 0.5) is 5.69 Å². The molecule has 0 saturated carbocycles. The summed E-state index contributed by atoms with van der Waals surface area (Å²) < 4.78 is 6.48. The number of carbonyl (C=O) groups is 1. The molecule has 0 bridgehead atoms. The van der Waals surface area contributed by atoms with Gasteiger partial charge in [-0.25, -0.2) is 0 Å². The van der Waals surface area contributed by atoms with E-state index < -0.39 is 0 Å². The zero-order valence-electron chi connectivity index (χ0n) is 10.4. The summed E-state index contributed by atoms with van der Waals surface area (Å²) in [7, 11) is 3.54. The Kier molecular flexibility index (Phi) is 4.72. The molecule has 0 unspecified atom stereocenters. The van der Waals surface area contributed by atoms with Crippen molar-refractivity contribution >= 4 is 22.9 Å². The molecular formula is C13H18N2O2. The van der Waals surface area contributed by atoms with E-state index in [0.29, 0.717) is 6.29 Å². The van der Waals surface area contributed by atoms with Crippen molar-refractivity contribution in [3.05, 3.63) is 30.0 Å². The first-order chi connectivity index (χ1) is 8.10. The highest BCUT2D eigenvalue weighted by Gasteiger charge is 2.00. The van der Waals surface area contributed by atoms with Gasteiger partial charge in [-0.2, -0.15) is 0 Å². The lowest BCUT2D eigenvalue weighted by Gasteiger charge is -1.98. The molecule has 2 rings (SSSR count). The fourth-order valence-corrected chi connectivity index (χ4v) is 1.57. The van der Waals surface area contributed by atoms with Crippen LogP contribution in [0.5, 0.6) is 0 Å². The van der Waals surface area contributed by atoms with Gasteiger partial charge in [-0.15, -0.1) is 0 Å². The molecule has 1 aromatic heterocycles. The molecule has 0 aliphatic heterocycles. The Labute approximate surface area is 101 Å². The van der Waals surface area contributed by atoms with E-state index in [2.05, 4.69) is 35.4 Å². The number of methoxy groups -OCH3 is 1. The topological polar surface area (TPSA) is 57.2 Å². The molecule has 0 radical (unpaired) electrons. The van der Waals surface area contributed by atoms with Crippen molar-refractivity contribution in [1.82, 2.24) is 4.57 Å². The SMILES string of the molecule is COCC=O.Cc1cc2cc(N)ccc2n1C. The third-order valence-corrected chi connectivity index (χ3v) is 2.54. The third kappa shape index (κ3) is 3.32. The van der Waals surface area contributed by atoms with Crippen LogP contribution in [0.1, 0.15) is 5.69 Å². The predicted molar refractivity (Wildman–Crippen MR) is 70.0 cm³/mol. The molecule has 0 aliphatic carbocycles. The number of rotatable bonds is 2. The number of nitrogens with zero attached hydrogens (tertiary/aromatic N) is 1. The van der Waals surface area contributed by atoms with E-state index in [1.54, 1.807) is 0 Å². The molecule has 0 fully saturated rings. The summed E-state index contributed by atoms with van der Waals surface area (Å²) >= 11 is 0. The Morgan fingerprint density at radius 3 is 2.65 bits per heavy atom. The molecule has 0 spiro atoms. The summed E-state index contributed by atoms with van der Waals surface area (Å²) in [4.78, 5) is 9.28. The summed E-state index contributed by atoms with van der Waals surface area (Å²) in [5, 5.41) is 1.22. The minimum Gasteiger partial charge on any atom is -0.399 e. The second-order valence-electron chi connectivity index (χ2n) is 3.78. The number of carbonyl (C=O) groups excluding carboxylic acids is 1. The Balaban J connectivity index is 0.000000249. The monoisotopic (exact) mass is 234 g/mol. The molecule has 1 aromatic carbocycles. The number of aldehydes is 1. The highest BCUT2D eigenvalue weighted by Crippen LogP contribution is 2.20. The molecular weight excluding hydrogens is 216 g/mol. The van der Waals surface area contributed by atoms with Gasteiger partial charge in [0.05, 0.1) is 0 Å². The lowest BCUT2D eigenvalue weighted by atomic mass is 10.2. The van der Waals surface area contributed by atoms with E-state index in [4.69, 9.17) is 5.73 Å². The summed E-state index contributed by atoms with van der Waals surface area (Å²) in [5.74, 6) is 0. The van der Waals surface area contributed by atoms with Crippen molar-refractivity contribution in [2.75, 3.05) is 19.5 Å². The number of fused-ring (bicyclic) bond motifs is 1. The van der Waals surface area contributed by atoms with E-state index >= 15 is 0 Å². The van der Waals surface area contributed by atoms with Gasteiger partial charge in [-0.05, 0) is 31.2 Å². The van der Waals surface area contributed by atoms with Gasteiger partial charge in [0.2, 0.25) is 0 Å². The highest BCUT2D eigenvalue weighted by atomic mass is 16.5. The fraction of sp³-hybridized carbons (Fsp3) is 0.308. The van der Waals surface area contributed by atoms with Crippen LogP contribution >= 0.6 is 0 Å². The first kappa shape index (κ1) is 13.3. The molecule has 4 nitrogen and oxygen atoms in total. The maximum atomic E-state index is 9.28. The Morgan fingerprint density at radius 1 is 1.41 bits per heavy atom. The molecule has 17 heavy (non-hydrogen) atoms. The standard InChI is InChI=1S/C10H12N2.C3H6O2/c1-7-5-8-6-9(11)3-4-10(8)12(7)2;1-5-3-2-4/h3-6H,11H2,1-2H3;2H,3H2,1H3. The maximum absolute atomic E-state index is 9.28. The second-order valence-corrected chi connectivity index (χ2v) is 3.78. The number of aromatic nitrogens is 1. The zero-order valence-corrected chi connectivity index (χ0v) is 10.4. The minimum absolute atomic E-state index is 0.208. The highest BCUT2D eigenvalue weighted by molar-refractivity contribution is 5.84. The molecule has 4 heteroatoms. The van der Waals surface area contributed by atoms with Gasteiger partial charge >= 0.3 is 0 Å². The Bertz CT molecular complexity index is 503. The number of anilines is 1. The van der Waals surface area contributed by atoms with Gasteiger partial charge in [0.1, 0.15) is 12.9 Å². The van der Waals surface area contributed by atoms with Crippen LogP contribution in [0, 0.1) is 6.92 Å². The van der Waals surface area contributed by atoms with Crippen molar-refractivity contribution in [1.29, 1.82) is 0 Å². The smallest absolute Gasteiger partial charge is 0.145 e. The van der Waals surface area contributed by atoms with Gasteiger partial charge in [0.15, 0.2) is 0 Å². The van der Waals surface area contributed by atoms with Crippen LogP contribution in [0.15, 0.2) is 24.3 Å². The van der Waals surface area contributed by atoms with Crippen molar-refractivity contribution < 1.29 is 9.53 Å². The number of benzene rings is 1. The number of ether oxygens (including phenoxy) is 1. The average molecular weight is 234 g/mol. The summed E-state index contributed by atoms with van der Waals surface area (Å²) in [5.41, 5.74) is 9.00. The van der Waals surface area contributed by atoms with Crippen LogP contribution in [0.3, 0.4) is 0 Å². The lowest BCUT2D eigenvalue weighted by molar-refractivity contribution is -0.110. The number of aryl methyl sites for hydroxylation is 2. The maximum Gasteiger partial charge on any atom is 0.145 e. The number of nitrogens with two attached hydrogens (primary N) is 1. The van der Waals surface area contributed by atoms with Gasteiger partial charge in [-0.3, -0.25) is 0 Å². The number of nitrogen functional groups attached to an aromatic ring is 1. The van der Waals surface area contributed by atoms with E-state index in [-0.39, 0.29) is 6.61 Å².